The van der Waals surface area contributed by atoms with Crippen molar-refractivity contribution >= 4 is 47.5 Å². The summed E-state index contributed by atoms with van der Waals surface area (Å²) in [6.45, 7) is 8.15. The van der Waals surface area contributed by atoms with Crippen molar-refractivity contribution in [2.24, 2.45) is 0 Å². The van der Waals surface area contributed by atoms with Crippen molar-refractivity contribution in [1.29, 1.82) is 0 Å². The van der Waals surface area contributed by atoms with E-state index in [1.807, 2.05) is 0 Å². The van der Waals surface area contributed by atoms with Crippen molar-refractivity contribution in [3.63, 3.8) is 0 Å². The van der Waals surface area contributed by atoms with Crippen LogP contribution in [0.5, 0.6) is 0 Å². The van der Waals surface area contributed by atoms with E-state index < -0.39 is 8.07 Å². The number of nitrogens with two attached hydrogens (primary N) is 1. The summed E-state index contributed by atoms with van der Waals surface area (Å²) >= 11 is 2.14. The second kappa shape index (κ2) is 5.71. The molecule has 0 aromatic carbocycles. The van der Waals surface area contributed by atoms with E-state index in [1.54, 1.807) is 4.68 Å². The quantitative estimate of drug-likeness (QED) is 0.481. The van der Waals surface area contributed by atoms with Gasteiger partial charge in [0, 0.05) is 14.7 Å². The molecule has 2 N–H and O–H groups in total. The van der Waals surface area contributed by atoms with Gasteiger partial charge < -0.3 is 10.5 Å². The topological polar surface area (TPSA) is 78.9 Å². The highest BCUT2D eigenvalue weighted by Crippen LogP contribution is 2.22. The maximum absolute atomic E-state index is 5.84. The Morgan fingerprint density at radius 3 is 2.79 bits per heavy atom. The molecule has 2 aromatic rings. The molecule has 6 nitrogen and oxygen atoms in total. The first-order valence-electron chi connectivity index (χ1n) is 6.09. The van der Waals surface area contributed by atoms with Gasteiger partial charge in [-0.25, -0.2) is 14.6 Å². The largest absolute Gasteiger partial charge is 0.383 e. The Morgan fingerprint density at radius 1 is 1.37 bits per heavy atom. The van der Waals surface area contributed by atoms with Crippen LogP contribution >= 0.6 is 22.6 Å². The highest BCUT2D eigenvalue weighted by molar-refractivity contribution is 14.1. The highest BCUT2D eigenvalue weighted by Gasteiger charge is 2.14. The molecule has 2 rings (SSSR count). The van der Waals surface area contributed by atoms with Gasteiger partial charge in [-0.1, -0.05) is 19.6 Å². The zero-order valence-corrected chi connectivity index (χ0v) is 14.5. The molecule has 0 amide bonds. The fourth-order valence-corrected chi connectivity index (χ4v) is 3.14. The van der Waals surface area contributed by atoms with Gasteiger partial charge in [-0.3, -0.25) is 0 Å². The number of halogens is 1. The third kappa shape index (κ3) is 3.63. The number of nitrogens with zero attached hydrogens (tertiary/aromatic N) is 4. The van der Waals surface area contributed by atoms with Gasteiger partial charge in [-0.15, -0.1) is 0 Å². The lowest BCUT2D eigenvalue weighted by atomic mass is 10.4. The number of ether oxygens (including phenoxy) is 1. The van der Waals surface area contributed by atoms with Gasteiger partial charge in [-0.05, 0) is 28.6 Å². The normalized spacial score (nSPS) is 12.2. The summed E-state index contributed by atoms with van der Waals surface area (Å²) in [6, 6.07) is 1.14. The monoisotopic (exact) mass is 391 g/mol. The Hall–Kier alpha value is -0.743. The van der Waals surface area contributed by atoms with Crippen LogP contribution in [0.1, 0.15) is 0 Å². The summed E-state index contributed by atoms with van der Waals surface area (Å²) < 4.78 is 8.23. The first-order valence-corrected chi connectivity index (χ1v) is 10.9. The zero-order valence-electron chi connectivity index (χ0n) is 11.4. The average molecular weight is 391 g/mol. The summed E-state index contributed by atoms with van der Waals surface area (Å²) in [4.78, 5) is 8.21. The van der Waals surface area contributed by atoms with Crippen LogP contribution in [0.15, 0.2) is 6.33 Å². The van der Waals surface area contributed by atoms with Gasteiger partial charge in [0.15, 0.2) is 5.65 Å². The number of nitrogen functional groups attached to an aromatic ring is 1. The van der Waals surface area contributed by atoms with Crippen molar-refractivity contribution in [2.75, 3.05) is 12.3 Å². The summed E-state index contributed by atoms with van der Waals surface area (Å²) in [5.41, 5.74) is 6.56. The molecular formula is C11H18IN5OSi. The van der Waals surface area contributed by atoms with Gasteiger partial charge >= 0.3 is 0 Å². The Bertz CT molecular complexity index is 580. The van der Waals surface area contributed by atoms with E-state index in [4.69, 9.17) is 10.5 Å². The number of aromatic nitrogens is 4. The smallest absolute Gasteiger partial charge is 0.166 e. The summed E-state index contributed by atoms with van der Waals surface area (Å²) in [6.07, 6.45) is 1.45. The molecule has 2 aromatic heterocycles. The van der Waals surface area contributed by atoms with Gasteiger partial charge in [0.1, 0.15) is 22.6 Å². The minimum Gasteiger partial charge on any atom is -0.383 e. The second-order valence-electron chi connectivity index (χ2n) is 5.60. The van der Waals surface area contributed by atoms with Crippen LogP contribution in [0, 0.1) is 3.70 Å². The van der Waals surface area contributed by atoms with E-state index in [0.717, 1.165) is 27.4 Å². The number of hydrogen-bond acceptors (Lipinski definition) is 5. The Morgan fingerprint density at radius 2 is 2.11 bits per heavy atom. The van der Waals surface area contributed by atoms with Gasteiger partial charge in [0.05, 0.1) is 5.39 Å². The Labute approximate surface area is 126 Å². The van der Waals surface area contributed by atoms with E-state index in [1.165, 1.54) is 6.33 Å². The lowest BCUT2D eigenvalue weighted by molar-refractivity contribution is 0.0810. The molecule has 0 aliphatic heterocycles. The molecule has 0 fully saturated rings. The summed E-state index contributed by atoms with van der Waals surface area (Å²) in [7, 11) is -1.05. The molecule has 19 heavy (non-hydrogen) atoms. The Balaban J connectivity index is 2.08. The predicted molar refractivity (Wildman–Crippen MR) is 86.6 cm³/mol. The van der Waals surface area contributed by atoms with Crippen molar-refractivity contribution in [1.82, 2.24) is 19.7 Å². The molecule has 0 aliphatic rings. The molecule has 2 heterocycles. The number of anilines is 1. The van der Waals surface area contributed by atoms with Crippen LogP contribution < -0.4 is 5.73 Å². The molecule has 0 unspecified atom stereocenters. The third-order valence-electron chi connectivity index (χ3n) is 2.73. The molecule has 0 atom stereocenters. The minimum absolute atomic E-state index is 0.403. The van der Waals surface area contributed by atoms with Crippen LogP contribution in [0.2, 0.25) is 25.7 Å². The highest BCUT2D eigenvalue weighted by atomic mass is 127. The standard InChI is InChI=1S/C11H18IN5OSi/c1-19(2,3)5-4-18-7-17-11-8(9(12)16-17)10(13)14-6-15-11/h6H,4-5,7H2,1-3H3,(H2,13,14,15). The average Bonchev–Trinajstić information content (AvgIpc) is 2.62. The van der Waals surface area contributed by atoms with E-state index in [9.17, 15) is 0 Å². The molecular weight excluding hydrogens is 373 g/mol. The molecule has 0 saturated heterocycles. The van der Waals surface area contributed by atoms with Gasteiger partial charge in [-0.2, -0.15) is 5.10 Å². The molecule has 0 saturated carbocycles. The zero-order chi connectivity index (χ0) is 14.0. The Kier molecular flexibility index (Phi) is 4.41. The maximum atomic E-state index is 5.84. The minimum atomic E-state index is -1.05. The van der Waals surface area contributed by atoms with Crippen molar-refractivity contribution in [3.05, 3.63) is 10.0 Å². The first kappa shape index (κ1) is 14.7. The van der Waals surface area contributed by atoms with E-state index >= 15 is 0 Å². The number of fused-ring (bicyclic) bond motifs is 1. The van der Waals surface area contributed by atoms with Crippen LogP contribution in [0.25, 0.3) is 11.0 Å². The van der Waals surface area contributed by atoms with Crippen LogP contribution in [0.3, 0.4) is 0 Å². The first-order chi connectivity index (χ1) is 8.88. The SMILES string of the molecule is C[Si](C)(C)CCOCn1nc(I)c2c(N)ncnc21. The lowest BCUT2D eigenvalue weighted by Gasteiger charge is -2.15. The molecule has 0 aliphatic carbocycles. The van der Waals surface area contributed by atoms with Crippen molar-refractivity contribution in [2.45, 2.75) is 32.4 Å². The second-order valence-corrected chi connectivity index (χ2v) is 12.2. The molecule has 8 heteroatoms. The van der Waals surface area contributed by atoms with Crippen LogP contribution in [0.4, 0.5) is 5.82 Å². The molecule has 104 valence electrons. The fraction of sp³-hybridized carbons (Fsp3) is 0.545. The number of hydrogen-bond donors (Lipinski definition) is 1. The molecule has 0 bridgehead atoms. The maximum Gasteiger partial charge on any atom is 0.166 e. The van der Waals surface area contributed by atoms with Crippen molar-refractivity contribution in [3.8, 4) is 0 Å². The number of rotatable bonds is 5. The summed E-state index contributed by atoms with van der Waals surface area (Å²) in [5.74, 6) is 0.461. The van der Waals surface area contributed by atoms with Gasteiger partial charge in [0.25, 0.3) is 0 Å². The third-order valence-corrected chi connectivity index (χ3v) is 5.19. The fourth-order valence-electron chi connectivity index (χ4n) is 1.61. The van der Waals surface area contributed by atoms with Crippen LogP contribution in [-0.4, -0.2) is 34.4 Å². The van der Waals surface area contributed by atoms with Crippen molar-refractivity contribution < 1.29 is 4.74 Å². The van der Waals surface area contributed by atoms with E-state index in [-0.39, 0.29) is 0 Å². The lowest BCUT2D eigenvalue weighted by Crippen LogP contribution is -2.22. The summed E-state index contributed by atoms with van der Waals surface area (Å²) in [5, 5.41) is 5.19. The molecule has 0 spiro atoms. The van der Waals surface area contributed by atoms with Crippen LogP contribution in [-0.2, 0) is 11.5 Å². The van der Waals surface area contributed by atoms with Gasteiger partial charge in [0.2, 0.25) is 0 Å². The predicted octanol–water partition coefficient (Wildman–Crippen LogP) is 2.33. The van der Waals surface area contributed by atoms with E-state index in [2.05, 4.69) is 57.3 Å². The molecule has 0 radical (unpaired) electrons. The van der Waals surface area contributed by atoms with E-state index in [0.29, 0.717) is 12.5 Å².